The van der Waals surface area contributed by atoms with Crippen LogP contribution < -0.4 is 10.2 Å². The number of aromatic nitrogens is 2. The second kappa shape index (κ2) is 7.72. The number of carbonyl (C=O) groups is 1. The van der Waals surface area contributed by atoms with Crippen molar-refractivity contribution in [3.63, 3.8) is 0 Å². The van der Waals surface area contributed by atoms with E-state index in [0.717, 1.165) is 48.7 Å². The molecule has 2 aromatic rings. The first-order valence-corrected chi connectivity index (χ1v) is 8.81. The Labute approximate surface area is 150 Å². The highest BCUT2D eigenvalue weighted by atomic mass is 79.9. The van der Waals surface area contributed by atoms with Gasteiger partial charge in [0.1, 0.15) is 11.5 Å². The van der Waals surface area contributed by atoms with E-state index in [4.69, 9.17) is 0 Å². The van der Waals surface area contributed by atoms with E-state index in [-0.39, 0.29) is 5.91 Å². The zero-order valence-electron chi connectivity index (χ0n) is 13.6. The Morgan fingerprint density at radius 3 is 2.42 bits per heavy atom. The summed E-state index contributed by atoms with van der Waals surface area (Å²) in [6, 6.07) is 7.41. The molecule has 7 heteroatoms. The summed E-state index contributed by atoms with van der Waals surface area (Å²) in [4.78, 5) is 25.5. The van der Waals surface area contributed by atoms with Gasteiger partial charge in [0.2, 0.25) is 0 Å². The van der Waals surface area contributed by atoms with Crippen LogP contribution in [0.5, 0.6) is 0 Å². The first-order valence-electron chi connectivity index (χ1n) is 8.02. The minimum atomic E-state index is -0.257. The van der Waals surface area contributed by atoms with Gasteiger partial charge in [0, 0.05) is 36.3 Å². The topological polar surface area (TPSA) is 61.4 Å². The van der Waals surface area contributed by atoms with Gasteiger partial charge in [0.25, 0.3) is 5.91 Å². The number of hydrogen-bond acceptors (Lipinski definition) is 5. The lowest BCUT2D eigenvalue weighted by Gasteiger charge is -2.34. The van der Waals surface area contributed by atoms with Crippen molar-refractivity contribution in [3.8, 4) is 0 Å². The fourth-order valence-corrected chi connectivity index (χ4v) is 2.89. The average molecular weight is 390 g/mol. The second-order valence-corrected chi connectivity index (χ2v) is 6.56. The Bertz CT molecular complexity index is 681. The van der Waals surface area contributed by atoms with Crippen LogP contribution in [0.3, 0.4) is 0 Å². The molecular formula is C17H20BrN5O. The lowest BCUT2D eigenvalue weighted by molar-refractivity contribution is 0.102. The van der Waals surface area contributed by atoms with Crippen LogP contribution in [0.25, 0.3) is 0 Å². The number of nitrogens with zero attached hydrogens (tertiary/aromatic N) is 4. The largest absolute Gasteiger partial charge is 0.353 e. The first-order chi connectivity index (χ1) is 11.7. The van der Waals surface area contributed by atoms with Crippen LogP contribution in [0.15, 0.2) is 41.1 Å². The number of nitrogens with one attached hydrogen (secondary N) is 1. The SMILES string of the molecule is CCN1CCN(c2cnc(C(=O)Nc3ccc(Br)cc3)cn2)CC1. The van der Waals surface area contributed by atoms with Crippen LogP contribution in [0.4, 0.5) is 11.5 Å². The summed E-state index contributed by atoms with van der Waals surface area (Å²) >= 11 is 3.37. The lowest BCUT2D eigenvalue weighted by atomic mass is 10.3. The van der Waals surface area contributed by atoms with Gasteiger partial charge in [-0.2, -0.15) is 0 Å². The predicted octanol–water partition coefficient (Wildman–Crippen LogP) is 2.63. The summed E-state index contributed by atoms with van der Waals surface area (Å²) in [7, 11) is 0. The summed E-state index contributed by atoms with van der Waals surface area (Å²) in [5, 5.41) is 2.82. The maximum atomic E-state index is 12.2. The summed E-state index contributed by atoms with van der Waals surface area (Å²) in [5.41, 5.74) is 1.04. The van der Waals surface area contributed by atoms with Crippen LogP contribution >= 0.6 is 15.9 Å². The summed E-state index contributed by atoms with van der Waals surface area (Å²) in [5.74, 6) is 0.568. The molecule has 1 aliphatic rings. The molecule has 0 saturated carbocycles. The van der Waals surface area contributed by atoms with Crippen molar-refractivity contribution in [2.75, 3.05) is 42.9 Å². The van der Waals surface area contributed by atoms with Crippen LogP contribution in [0, 0.1) is 0 Å². The molecule has 1 aliphatic heterocycles. The highest BCUT2D eigenvalue weighted by Crippen LogP contribution is 2.16. The third-order valence-corrected chi connectivity index (χ3v) is 4.65. The third kappa shape index (κ3) is 4.10. The molecule has 1 aromatic carbocycles. The fourth-order valence-electron chi connectivity index (χ4n) is 2.62. The molecule has 0 bridgehead atoms. The number of benzene rings is 1. The number of rotatable bonds is 4. The molecule has 3 rings (SSSR count). The highest BCUT2D eigenvalue weighted by molar-refractivity contribution is 9.10. The van der Waals surface area contributed by atoms with E-state index >= 15 is 0 Å². The summed E-state index contributed by atoms with van der Waals surface area (Å²) in [6.07, 6.45) is 3.22. The number of carbonyl (C=O) groups excluding carboxylic acids is 1. The Hall–Kier alpha value is -1.99. The molecule has 1 N–H and O–H groups in total. The molecule has 6 nitrogen and oxygen atoms in total. The molecule has 2 heterocycles. The van der Waals surface area contributed by atoms with E-state index in [1.807, 2.05) is 24.3 Å². The molecule has 0 spiro atoms. The molecule has 24 heavy (non-hydrogen) atoms. The molecule has 0 atom stereocenters. The number of hydrogen-bond donors (Lipinski definition) is 1. The molecule has 1 aromatic heterocycles. The van der Waals surface area contributed by atoms with Gasteiger partial charge < -0.3 is 15.1 Å². The quantitative estimate of drug-likeness (QED) is 0.870. The van der Waals surface area contributed by atoms with Gasteiger partial charge in [-0.05, 0) is 30.8 Å². The molecule has 0 aliphatic carbocycles. The summed E-state index contributed by atoms with van der Waals surface area (Å²) in [6.45, 7) is 7.19. The van der Waals surface area contributed by atoms with Crippen LogP contribution in [0.1, 0.15) is 17.4 Å². The van der Waals surface area contributed by atoms with Crippen LogP contribution in [-0.4, -0.2) is 53.5 Å². The molecule has 126 valence electrons. The van der Waals surface area contributed by atoms with E-state index in [1.165, 1.54) is 6.20 Å². The number of halogens is 1. The van der Waals surface area contributed by atoms with E-state index < -0.39 is 0 Å². The minimum Gasteiger partial charge on any atom is -0.353 e. The van der Waals surface area contributed by atoms with Gasteiger partial charge in [0.05, 0.1) is 12.4 Å². The Kier molecular flexibility index (Phi) is 5.42. The Morgan fingerprint density at radius 2 is 1.83 bits per heavy atom. The molecule has 1 amide bonds. The Morgan fingerprint density at radius 1 is 1.12 bits per heavy atom. The third-order valence-electron chi connectivity index (χ3n) is 4.12. The zero-order valence-corrected chi connectivity index (χ0v) is 15.2. The maximum Gasteiger partial charge on any atom is 0.275 e. The molecule has 0 radical (unpaired) electrons. The molecular weight excluding hydrogens is 370 g/mol. The Balaban J connectivity index is 1.61. The van der Waals surface area contributed by atoms with E-state index in [2.05, 4.69) is 47.9 Å². The van der Waals surface area contributed by atoms with Gasteiger partial charge in [-0.25, -0.2) is 9.97 Å². The van der Waals surface area contributed by atoms with Gasteiger partial charge in [0.15, 0.2) is 0 Å². The van der Waals surface area contributed by atoms with Crippen molar-refractivity contribution in [1.82, 2.24) is 14.9 Å². The van der Waals surface area contributed by atoms with Crippen LogP contribution in [0.2, 0.25) is 0 Å². The fraction of sp³-hybridized carbons (Fsp3) is 0.353. The van der Waals surface area contributed by atoms with Crippen molar-refractivity contribution in [2.24, 2.45) is 0 Å². The summed E-state index contributed by atoms with van der Waals surface area (Å²) < 4.78 is 0.966. The van der Waals surface area contributed by atoms with Crippen molar-refractivity contribution in [1.29, 1.82) is 0 Å². The van der Waals surface area contributed by atoms with Gasteiger partial charge in [-0.1, -0.05) is 22.9 Å². The standard InChI is InChI=1S/C17H20BrN5O/c1-2-22-7-9-23(10-8-22)16-12-19-15(11-20-16)17(24)21-14-5-3-13(18)4-6-14/h3-6,11-12H,2,7-10H2,1H3,(H,21,24). The normalized spacial score (nSPS) is 15.3. The lowest BCUT2D eigenvalue weighted by Crippen LogP contribution is -2.46. The van der Waals surface area contributed by atoms with Gasteiger partial charge in [-0.3, -0.25) is 4.79 Å². The number of likely N-dealkylation sites (N-methyl/N-ethyl adjacent to an activating group) is 1. The van der Waals surface area contributed by atoms with E-state index in [1.54, 1.807) is 6.20 Å². The zero-order chi connectivity index (χ0) is 16.9. The maximum absolute atomic E-state index is 12.2. The van der Waals surface area contributed by atoms with Crippen molar-refractivity contribution >= 4 is 33.3 Å². The average Bonchev–Trinajstić information content (AvgIpc) is 2.64. The first kappa shape index (κ1) is 16.9. The van der Waals surface area contributed by atoms with Gasteiger partial charge in [-0.15, -0.1) is 0 Å². The molecule has 0 unspecified atom stereocenters. The number of piperazine rings is 1. The van der Waals surface area contributed by atoms with E-state index in [0.29, 0.717) is 5.69 Å². The highest BCUT2D eigenvalue weighted by Gasteiger charge is 2.17. The number of amides is 1. The smallest absolute Gasteiger partial charge is 0.275 e. The van der Waals surface area contributed by atoms with Crippen molar-refractivity contribution in [3.05, 3.63) is 46.8 Å². The van der Waals surface area contributed by atoms with Crippen LogP contribution in [-0.2, 0) is 0 Å². The second-order valence-electron chi connectivity index (χ2n) is 5.64. The van der Waals surface area contributed by atoms with Crippen molar-refractivity contribution in [2.45, 2.75) is 6.92 Å². The molecule has 1 saturated heterocycles. The van der Waals surface area contributed by atoms with Crippen molar-refractivity contribution < 1.29 is 4.79 Å². The minimum absolute atomic E-state index is 0.257. The van der Waals surface area contributed by atoms with E-state index in [9.17, 15) is 4.79 Å². The monoisotopic (exact) mass is 389 g/mol. The predicted molar refractivity (Wildman–Crippen MR) is 98.5 cm³/mol. The molecule has 1 fully saturated rings. The number of anilines is 2. The van der Waals surface area contributed by atoms with Gasteiger partial charge >= 0.3 is 0 Å².